The minimum absolute atomic E-state index is 0.679. The Bertz CT molecular complexity index is 323. The maximum Gasteiger partial charge on any atom is 0.360 e. The van der Waals surface area contributed by atoms with Crippen molar-refractivity contribution in [3.8, 4) is 0 Å². The van der Waals surface area contributed by atoms with E-state index in [0.29, 0.717) is 5.25 Å². The number of aromatic nitrogens is 2. The summed E-state index contributed by atoms with van der Waals surface area (Å²) in [4.78, 5) is 4.49. The van der Waals surface area contributed by atoms with Crippen LogP contribution in [0.5, 0.6) is 0 Å². The van der Waals surface area contributed by atoms with Gasteiger partial charge in [-0.25, -0.2) is 4.57 Å². The Morgan fingerprint density at radius 1 is 1.58 bits per heavy atom. The van der Waals surface area contributed by atoms with Crippen LogP contribution in [0.1, 0.15) is 18.3 Å². The second-order valence-electron chi connectivity index (χ2n) is 3.36. The van der Waals surface area contributed by atoms with Crippen LogP contribution in [0.25, 0.3) is 0 Å². The highest BCUT2D eigenvalue weighted by Crippen LogP contribution is 2.24. The zero-order valence-corrected chi connectivity index (χ0v) is 8.48. The molecule has 1 aromatic rings. The van der Waals surface area contributed by atoms with Gasteiger partial charge in [0.1, 0.15) is 12.2 Å². The van der Waals surface area contributed by atoms with Gasteiger partial charge in [-0.3, -0.25) is 0 Å². The average molecular weight is 181 g/mol. The van der Waals surface area contributed by atoms with Crippen LogP contribution < -0.4 is 4.57 Å². The number of rotatable bonds is 0. The number of hydrogen-bond donors (Lipinski definition) is 0. The van der Waals surface area contributed by atoms with Crippen LogP contribution in [0.3, 0.4) is 0 Å². The topological polar surface area (TPSA) is 16.8 Å². The number of fused-ring (bicyclic) bond motifs is 1. The predicted molar refractivity (Wildman–Crippen MR) is 49.2 cm³/mol. The molecule has 2 nitrogen and oxygen atoms in total. The lowest BCUT2D eigenvalue weighted by molar-refractivity contribution is -0.735. The van der Waals surface area contributed by atoms with Gasteiger partial charge in [-0.05, 0) is 30.6 Å². The third kappa shape index (κ3) is 1.22. The van der Waals surface area contributed by atoms with E-state index < -0.39 is 0 Å². The van der Waals surface area contributed by atoms with E-state index in [1.807, 2.05) is 11.8 Å². The summed E-state index contributed by atoms with van der Waals surface area (Å²) in [5.74, 6) is 0. The van der Waals surface area contributed by atoms with E-state index in [2.05, 4.69) is 36.4 Å². The summed E-state index contributed by atoms with van der Waals surface area (Å²) in [7, 11) is 0. The Hall–Kier alpha value is -0.570. The van der Waals surface area contributed by atoms with E-state index in [9.17, 15) is 0 Å². The zero-order valence-electron chi connectivity index (χ0n) is 7.66. The van der Waals surface area contributed by atoms with E-state index >= 15 is 0 Å². The van der Waals surface area contributed by atoms with Crippen molar-refractivity contribution < 1.29 is 4.57 Å². The summed E-state index contributed by atoms with van der Waals surface area (Å²) in [5, 5.41) is 1.86. The van der Waals surface area contributed by atoms with Crippen LogP contribution in [0, 0.1) is 13.8 Å². The molecule has 2 rings (SSSR count). The summed E-state index contributed by atoms with van der Waals surface area (Å²) < 4.78 is 2.29. The Balaban J connectivity index is 2.52. The molecular weight excluding hydrogens is 168 g/mol. The van der Waals surface area contributed by atoms with Gasteiger partial charge in [0, 0.05) is 13.0 Å². The van der Waals surface area contributed by atoms with E-state index in [1.54, 1.807) is 0 Å². The molecule has 0 aromatic carbocycles. The molecule has 0 radical (unpaired) electrons. The molecule has 0 spiro atoms. The molecule has 1 atom stereocenters. The fourth-order valence-corrected chi connectivity index (χ4v) is 2.69. The van der Waals surface area contributed by atoms with Crippen molar-refractivity contribution >= 4 is 11.8 Å². The SMILES string of the molecule is Cc1cc(C)[n+]2c(n1)S[C@H](C)C2. The summed E-state index contributed by atoms with van der Waals surface area (Å²) in [5.41, 5.74) is 2.45. The monoisotopic (exact) mass is 181 g/mol. The largest absolute Gasteiger partial charge is 0.360 e. The Labute approximate surface area is 77.0 Å². The van der Waals surface area contributed by atoms with Gasteiger partial charge in [0.05, 0.1) is 5.25 Å². The minimum Gasteiger partial charge on any atom is -0.221 e. The first-order valence-corrected chi connectivity index (χ1v) is 5.09. The van der Waals surface area contributed by atoms with Crippen molar-refractivity contribution in [3.05, 3.63) is 17.5 Å². The van der Waals surface area contributed by atoms with Gasteiger partial charge in [0.2, 0.25) is 0 Å². The fraction of sp³-hybridized carbons (Fsp3) is 0.556. The van der Waals surface area contributed by atoms with Gasteiger partial charge in [-0.2, -0.15) is 0 Å². The van der Waals surface area contributed by atoms with E-state index in [0.717, 1.165) is 12.2 Å². The molecule has 1 aliphatic rings. The van der Waals surface area contributed by atoms with E-state index in [4.69, 9.17) is 0 Å². The molecule has 0 amide bonds. The van der Waals surface area contributed by atoms with E-state index in [1.165, 1.54) is 10.9 Å². The first kappa shape index (κ1) is 8.05. The molecule has 1 aromatic heterocycles. The highest BCUT2D eigenvalue weighted by molar-refractivity contribution is 7.99. The van der Waals surface area contributed by atoms with Crippen LogP contribution in [-0.2, 0) is 6.54 Å². The van der Waals surface area contributed by atoms with Crippen LogP contribution in [0.4, 0.5) is 0 Å². The lowest BCUT2D eigenvalue weighted by atomic mass is 10.3. The van der Waals surface area contributed by atoms with Crippen molar-refractivity contribution in [1.82, 2.24) is 4.98 Å². The average Bonchev–Trinajstić information content (AvgIpc) is 2.29. The summed E-state index contributed by atoms with van der Waals surface area (Å²) >= 11 is 1.87. The zero-order chi connectivity index (χ0) is 8.72. The normalized spacial score (nSPS) is 21.1. The van der Waals surface area contributed by atoms with Crippen molar-refractivity contribution in [1.29, 1.82) is 0 Å². The van der Waals surface area contributed by atoms with Crippen LogP contribution in [-0.4, -0.2) is 10.2 Å². The second kappa shape index (κ2) is 2.73. The molecule has 0 aliphatic carbocycles. The van der Waals surface area contributed by atoms with E-state index in [-0.39, 0.29) is 0 Å². The quantitative estimate of drug-likeness (QED) is 0.445. The molecule has 0 N–H and O–H groups in total. The number of nitrogens with zero attached hydrogens (tertiary/aromatic N) is 2. The fourth-order valence-electron chi connectivity index (χ4n) is 1.56. The van der Waals surface area contributed by atoms with Crippen LogP contribution in [0.15, 0.2) is 11.2 Å². The smallest absolute Gasteiger partial charge is 0.221 e. The van der Waals surface area contributed by atoms with Crippen LogP contribution >= 0.6 is 11.8 Å². The van der Waals surface area contributed by atoms with Crippen molar-refractivity contribution in [3.63, 3.8) is 0 Å². The van der Waals surface area contributed by atoms with Gasteiger partial charge < -0.3 is 0 Å². The van der Waals surface area contributed by atoms with Crippen LogP contribution in [0.2, 0.25) is 0 Å². The molecule has 0 saturated heterocycles. The molecule has 1 aliphatic heterocycles. The first-order chi connectivity index (χ1) is 5.66. The molecule has 2 heterocycles. The Morgan fingerprint density at radius 3 is 3.08 bits per heavy atom. The standard InChI is InChI=1S/C9H13N2S/c1-6-4-7(2)11-5-8(3)12-9(11)10-6/h4,8H,5H2,1-3H3/q+1/t8-/m1/s1. The van der Waals surface area contributed by atoms with Crippen molar-refractivity contribution in [2.75, 3.05) is 0 Å². The molecular formula is C9H13N2S+. The minimum atomic E-state index is 0.679. The molecule has 12 heavy (non-hydrogen) atoms. The molecule has 0 saturated carbocycles. The maximum absolute atomic E-state index is 4.49. The van der Waals surface area contributed by atoms with Crippen molar-refractivity contribution in [2.24, 2.45) is 0 Å². The van der Waals surface area contributed by atoms with Gasteiger partial charge in [-0.1, -0.05) is 0 Å². The Kier molecular flexibility index (Phi) is 1.83. The number of aryl methyl sites for hydroxylation is 2. The lowest BCUT2D eigenvalue weighted by Gasteiger charge is -1.97. The number of hydrogen-bond acceptors (Lipinski definition) is 2. The first-order valence-electron chi connectivity index (χ1n) is 4.21. The second-order valence-corrected chi connectivity index (χ2v) is 4.77. The van der Waals surface area contributed by atoms with Gasteiger partial charge in [0.25, 0.3) is 0 Å². The molecule has 0 bridgehead atoms. The Morgan fingerprint density at radius 2 is 2.33 bits per heavy atom. The van der Waals surface area contributed by atoms with Gasteiger partial charge in [-0.15, -0.1) is 0 Å². The van der Waals surface area contributed by atoms with Crippen molar-refractivity contribution in [2.45, 2.75) is 37.7 Å². The number of thioether (sulfide) groups is 1. The summed E-state index contributed by atoms with van der Waals surface area (Å²) in [6.07, 6.45) is 0. The predicted octanol–water partition coefficient (Wildman–Crippen LogP) is 1.48. The van der Waals surface area contributed by atoms with Gasteiger partial charge in [0.15, 0.2) is 5.69 Å². The molecule has 0 unspecified atom stereocenters. The third-order valence-electron chi connectivity index (χ3n) is 2.09. The molecule has 64 valence electrons. The highest BCUT2D eigenvalue weighted by atomic mass is 32.2. The molecule has 3 heteroatoms. The summed E-state index contributed by atoms with van der Waals surface area (Å²) in [6.45, 7) is 7.56. The molecule has 0 fully saturated rings. The highest BCUT2D eigenvalue weighted by Gasteiger charge is 2.28. The lowest BCUT2D eigenvalue weighted by Crippen LogP contribution is -2.38. The third-order valence-corrected chi connectivity index (χ3v) is 3.17. The summed E-state index contributed by atoms with van der Waals surface area (Å²) in [6, 6.07) is 2.14. The van der Waals surface area contributed by atoms with Gasteiger partial charge >= 0.3 is 5.16 Å². The maximum atomic E-state index is 4.49.